The maximum Gasteiger partial charge on any atom is 0.242 e. The van der Waals surface area contributed by atoms with Gasteiger partial charge in [-0.15, -0.1) is 0 Å². The molecular formula is C22H31FN2O2. The fraction of sp³-hybridized carbons (Fsp3) is 0.545. The lowest BCUT2D eigenvalue weighted by atomic mass is 9.97. The maximum absolute atomic E-state index is 13.1. The summed E-state index contributed by atoms with van der Waals surface area (Å²) in [4.78, 5) is 26.7. The van der Waals surface area contributed by atoms with Gasteiger partial charge in [0.2, 0.25) is 11.8 Å². The fourth-order valence-electron chi connectivity index (χ4n) is 3.35. The summed E-state index contributed by atoms with van der Waals surface area (Å²) in [7, 11) is 0. The van der Waals surface area contributed by atoms with Gasteiger partial charge < -0.3 is 10.2 Å². The Kier molecular flexibility index (Phi) is 8.49. The number of halogens is 1. The third-order valence-electron chi connectivity index (χ3n) is 5.03. The first kappa shape index (κ1) is 21.1. The largest absolute Gasteiger partial charge is 0.354 e. The third kappa shape index (κ3) is 6.81. The standard InChI is InChI=1S/C22H31FN2O2/c1-3-7-21(26)25(16-19-10-12-20(23)13-11-19)17(2)22(27)24-15-14-18-8-5-4-6-9-18/h8,10-13,17H,3-7,9,14-16H2,1-2H3,(H,24,27). The van der Waals surface area contributed by atoms with E-state index in [2.05, 4.69) is 11.4 Å². The topological polar surface area (TPSA) is 49.4 Å². The molecule has 27 heavy (non-hydrogen) atoms. The van der Waals surface area contributed by atoms with Gasteiger partial charge in [0.1, 0.15) is 11.9 Å². The third-order valence-corrected chi connectivity index (χ3v) is 5.03. The second kappa shape index (κ2) is 10.9. The van der Waals surface area contributed by atoms with Crippen LogP contribution < -0.4 is 5.32 Å². The van der Waals surface area contributed by atoms with Gasteiger partial charge in [-0.05, 0) is 63.1 Å². The van der Waals surface area contributed by atoms with Gasteiger partial charge in [-0.1, -0.05) is 30.7 Å². The molecule has 0 fully saturated rings. The van der Waals surface area contributed by atoms with Gasteiger partial charge >= 0.3 is 0 Å². The summed E-state index contributed by atoms with van der Waals surface area (Å²) < 4.78 is 13.1. The molecular weight excluding hydrogens is 343 g/mol. The SMILES string of the molecule is CCCC(=O)N(Cc1ccc(F)cc1)C(C)C(=O)NCCC1=CCCCC1. The molecule has 1 aliphatic carbocycles. The van der Waals surface area contributed by atoms with Crippen molar-refractivity contribution in [3.8, 4) is 0 Å². The number of allylic oxidation sites excluding steroid dienone is 1. The molecule has 0 radical (unpaired) electrons. The molecule has 0 heterocycles. The van der Waals surface area contributed by atoms with Crippen molar-refractivity contribution >= 4 is 11.8 Å². The molecule has 1 atom stereocenters. The second-order valence-corrected chi connectivity index (χ2v) is 7.22. The molecule has 0 aromatic heterocycles. The van der Waals surface area contributed by atoms with E-state index in [4.69, 9.17) is 0 Å². The molecule has 4 nitrogen and oxygen atoms in total. The van der Waals surface area contributed by atoms with Crippen LogP contribution in [0.4, 0.5) is 4.39 Å². The van der Waals surface area contributed by atoms with Gasteiger partial charge in [0.25, 0.3) is 0 Å². The Balaban J connectivity index is 1.95. The Morgan fingerprint density at radius 2 is 1.96 bits per heavy atom. The average molecular weight is 375 g/mol. The van der Waals surface area contributed by atoms with Crippen LogP contribution in [0.15, 0.2) is 35.9 Å². The first-order valence-corrected chi connectivity index (χ1v) is 10.0. The predicted molar refractivity (Wildman–Crippen MR) is 105 cm³/mol. The highest BCUT2D eigenvalue weighted by Gasteiger charge is 2.25. The van der Waals surface area contributed by atoms with Crippen LogP contribution in [0.25, 0.3) is 0 Å². The molecule has 1 aliphatic rings. The van der Waals surface area contributed by atoms with Crippen LogP contribution in [0.3, 0.4) is 0 Å². The van der Waals surface area contributed by atoms with Crippen LogP contribution in [-0.4, -0.2) is 29.3 Å². The minimum absolute atomic E-state index is 0.0561. The quantitative estimate of drug-likeness (QED) is 0.653. The molecule has 148 valence electrons. The van der Waals surface area contributed by atoms with E-state index in [1.807, 2.05) is 6.92 Å². The molecule has 1 N–H and O–H groups in total. The van der Waals surface area contributed by atoms with E-state index < -0.39 is 6.04 Å². The lowest BCUT2D eigenvalue weighted by molar-refractivity contribution is -0.140. The molecule has 0 saturated heterocycles. The molecule has 0 saturated carbocycles. The van der Waals surface area contributed by atoms with E-state index in [-0.39, 0.29) is 17.6 Å². The average Bonchev–Trinajstić information content (AvgIpc) is 2.68. The number of hydrogen-bond donors (Lipinski definition) is 1. The maximum atomic E-state index is 13.1. The van der Waals surface area contributed by atoms with Gasteiger partial charge in [-0.3, -0.25) is 9.59 Å². The summed E-state index contributed by atoms with van der Waals surface area (Å²) >= 11 is 0. The Labute approximate surface area is 161 Å². The van der Waals surface area contributed by atoms with Gasteiger partial charge in [0.15, 0.2) is 0 Å². The van der Waals surface area contributed by atoms with Crippen LogP contribution in [0, 0.1) is 5.82 Å². The first-order chi connectivity index (χ1) is 13.0. The van der Waals surface area contributed by atoms with Crippen molar-refractivity contribution in [1.82, 2.24) is 10.2 Å². The van der Waals surface area contributed by atoms with E-state index in [1.54, 1.807) is 24.0 Å². The fourth-order valence-corrected chi connectivity index (χ4v) is 3.35. The highest BCUT2D eigenvalue weighted by atomic mass is 19.1. The highest BCUT2D eigenvalue weighted by molar-refractivity contribution is 5.87. The van der Waals surface area contributed by atoms with Gasteiger partial charge in [-0.25, -0.2) is 4.39 Å². The summed E-state index contributed by atoms with van der Waals surface area (Å²) in [5, 5.41) is 2.97. The van der Waals surface area contributed by atoms with Crippen molar-refractivity contribution in [3.05, 3.63) is 47.3 Å². The van der Waals surface area contributed by atoms with E-state index in [9.17, 15) is 14.0 Å². The van der Waals surface area contributed by atoms with Gasteiger partial charge in [0.05, 0.1) is 0 Å². The lowest BCUT2D eigenvalue weighted by Gasteiger charge is -2.29. The van der Waals surface area contributed by atoms with Crippen LogP contribution in [0.5, 0.6) is 0 Å². The van der Waals surface area contributed by atoms with Crippen LogP contribution >= 0.6 is 0 Å². The van der Waals surface area contributed by atoms with Crippen molar-refractivity contribution in [2.45, 2.75) is 71.4 Å². The van der Waals surface area contributed by atoms with Gasteiger partial charge in [0, 0.05) is 19.5 Å². The highest BCUT2D eigenvalue weighted by Crippen LogP contribution is 2.19. The van der Waals surface area contributed by atoms with Gasteiger partial charge in [-0.2, -0.15) is 0 Å². The van der Waals surface area contributed by atoms with E-state index in [1.165, 1.54) is 30.5 Å². The number of carbonyl (C=O) groups excluding carboxylic acids is 2. The molecule has 2 rings (SSSR count). The molecule has 1 unspecified atom stereocenters. The Morgan fingerprint density at radius 1 is 1.22 bits per heavy atom. The van der Waals surface area contributed by atoms with Crippen molar-refractivity contribution in [2.75, 3.05) is 6.54 Å². The molecule has 1 aromatic carbocycles. The number of amides is 2. The number of nitrogens with one attached hydrogen (secondary N) is 1. The molecule has 0 aliphatic heterocycles. The van der Waals surface area contributed by atoms with Crippen molar-refractivity contribution < 1.29 is 14.0 Å². The van der Waals surface area contributed by atoms with E-state index in [0.29, 0.717) is 19.5 Å². The molecule has 1 aromatic rings. The van der Waals surface area contributed by atoms with Crippen LogP contribution in [0.2, 0.25) is 0 Å². The molecule has 5 heteroatoms. The number of nitrogens with zero attached hydrogens (tertiary/aromatic N) is 1. The minimum atomic E-state index is -0.561. The predicted octanol–water partition coefficient (Wildman–Crippen LogP) is 4.35. The Hall–Kier alpha value is -2.17. The zero-order valence-electron chi connectivity index (χ0n) is 16.5. The molecule has 0 spiro atoms. The Bertz CT molecular complexity index is 655. The van der Waals surface area contributed by atoms with Crippen molar-refractivity contribution in [3.63, 3.8) is 0 Å². The summed E-state index contributed by atoms with van der Waals surface area (Å²) in [6, 6.07) is 5.50. The molecule has 0 bridgehead atoms. The zero-order valence-corrected chi connectivity index (χ0v) is 16.5. The smallest absolute Gasteiger partial charge is 0.242 e. The number of hydrogen-bond acceptors (Lipinski definition) is 2. The van der Waals surface area contributed by atoms with E-state index >= 15 is 0 Å². The normalized spacial score (nSPS) is 15.0. The number of rotatable bonds is 9. The summed E-state index contributed by atoms with van der Waals surface area (Å²) in [6.45, 7) is 4.60. The second-order valence-electron chi connectivity index (χ2n) is 7.22. The van der Waals surface area contributed by atoms with E-state index in [0.717, 1.165) is 31.2 Å². The van der Waals surface area contributed by atoms with Crippen molar-refractivity contribution in [2.24, 2.45) is 0 Å². The Morgan fingerprint density at radius 3 is 2.59 bits per heavy atom. The summed E-state index contributed by atoms with van der Waals surface area (Å²) in [6.07, 6.45) is 9.02. The molecule has 2 amide bonds. The monoisotopic (exact) mass is 374 g/mol. The summed E-state index contributed by atoms with van der Waals surface area (Å²) in [5.74, 6) is -0.509. The minimum Gasteiger partial charge on any atom is -0.354 e. The number of benzene rings is 1. The first-order valence-electron chi connectivity index (χ1n) is 10.0. The zero-order chi connectivity index (χ0) is 19.6. The van der Waals surface area contributed by atoms with Crippen LogP contribution in [0.1, 0.15) is 64.4 Å². The number of carbonyl (C=O) groups is 2. The lowest BCUT2D eigenvalue weighted by Crippen LogP contribution is -2.47. The van der Waals surface area contributed by atoms with Crippen molar-refractivity contribution in [1.29, 1.82) is 0 Å². The summed E-state index contributed by atoms with van der Waals surface area (Å²) in [5.41, 5.74) is 2.23. The van der Waals surface area contributed by atoms with Crippen LogP contribution in [-0.2, 0) is 16.1 Å².